The molecule has 2 heterocycles. The van der Waals surface area contributed by atoms with Crippen LogP contribution in [0.25, 0.3) is 11.4 Å². The van der Waals surface area contributed by atoms with E-state index in [1.807, 2.05) is 24.3 Å². The van der Waals surface area contributed by atoms with E-state index in [1.165, 1.54) is 4.88 Å². The number of nitrogens with one attached hydrogen (secondary N) is 2. The molecule has 6 nitrogen and oxygen atoms in total. The lowest BCUT2D eigenvalue weighted by Gasteiger charge is -2.10. The van der Waals surface area contributed by atoms with Crippen LogP contribution >= 0.6 is 46.9 Å². The smallest absolute Gasteiger partial charge is 0.228 e. The molecule has 2 N–H and O–H groups in total. The van der Waals surface area contributed by atoms with Crippen LogP contribution < -0.4 is 10.6 Å². The molecule has 0 saturated heterocycles. The molecule has 1 aromatic carbocycles. The second-order valence-electron chi connectivity index (χ2n) is 5.53. The van der Waals surface area contributed by atoms with Crippen LogP contribution in [0.5, 0.6) is 0 Å². The van der Waals surface area contributed by atoms with Crippen molar-refractivity contribution in [2.75, 3.05) is 20.1 Å². The highest BCUT2D eigenvalue weighted by atomic mass is 127. The molecule has 3 rings (SSSR count). The number of rotatable bonds is 7. The summed E-state index contributed by atoms with van der Waals surface area (Å²) in [6.07, 6.45) is 1.59. The van der Waals surface area contributed by atoms with E-state index in [0.29, 0.717) is 29.7 Å². The number of nitrogens with zero attached hydrogens (tertiary/aromatic N) is 3. The van der Waals surface area contributed by atoms with Gasteiger partial charge in [0.05, 0.1) is 0 Å². The molecule has 0 atom stereocenters. The van der Waals surface area contributed by atoms with Crippen molar-refractivity contribution in [3.05, 3.63) is 57.6 Å². The van der Waals surface area contributed by atoms with E-state index in [1.54, 1.807) is 18.4 Å². The minimum atomic E-state index is 0. The summed E-state index contributed by atoms with van der Waals surface area (Å²) in [6.45, 7) is 1.48. The van der Waals surface area contributed by atoms with E-state index in [4.69, 9.17) is 16.1 Å². The van der Waals surface area contributed by atoms with Gasteiger partial charge in [-0.05, 0) is 30.0 Å². The largest absolute Gasteiger partial charge is 0.356 e. The molecule has 0 aliphatic rings. The first kappa shape index (κ1) is 21.6. The molecule has 0 radical (unpaired) electrons. The third-order valence-corrected chi connectivity index (χ3v) is 4.82. The van der Waals surface area contributed by atoms with Gasteiger partial charge in [-0.3, -0.25) is 4.99 Å². The third kappa shape index (κ3) is 6.78. The molecule has 3 aromatic rings. The Labute approximate surface area is 184 Å². The predicted molar refractivity (Wildman–Crippen MR) is 121 cm³/mol. The SMILES string of the molecule is CN=C(NCCc1nc(-c2cccc(Cl)c2)no1)NCCc1cccs1.I. The molecule has 0 spiro atoms. The lowest BCUT2D eigenvalue weighted by Crippen LogP contribution is -2.39. The Morgan fingerprint density at radius 3 is 2.70 bits per heavy atom. The minimum Gasteiger partial charge on any atom is -0.356 e. The number of thiophene rings is 1. The molecule has 0 bridgehead atoms. The van der Waals surface area contributed by atoms with Crippen molar-refractivity contribution in [2.45, 2.75) is 12.8 Å². The molecule has 0 aliphatic heterocycles. The second-order valence-corrected chi connectivity index (χ2v) is 7.00. The highest BCUT2D eigenvalue weighted by Crippen LogP contribution is 2.19. The summed E-state index contributed by atoms with van der Waals surface area (Å²) >= 11 is 7.76. The van der Waals surface area contributed by atoms with Gasteiger partial charge >= 0.3 is 0 Å². The highest BCUT2D eigenvalue weighted by Gasteiger charge is 2.09. The topological polar surface area (TPSA) is 75.3 Å². The molecule has 0 fully saturated rings. The molecule has 2 aromatic heterocycles. The van der Waals surface area contributed by atoms with Gasteiger partial charge in [-0.2, -0.15) is 4.98 Å². The van der Waals surface area contributed by atoms with Gasteiger partial charge in [-0.1, -0.05) is 35.0 Å². The molecule has 144 valence electrons. The zero-order valence-corrected chi connectivity index (χ0v) is 18.7. The summed E-state index contributed by atoms with van der Waals surface area (Å²) < 4.78 is 5.30. The van der Waals surface area contributed by atoms with Gasteiger partial charge in [0.1, 0.15) is 0 Å². The molecule has 0 aliphatic carbocycles. The number of aromatic nitrogens is 2. The number of guanidine groups is 1. The Kier molecular flexibility index (Phi) is 9.02. The Balaban J connectivity index is 0.00000261. The van der Waals surface area contributed by atoms with Crippen molar-refractivity contribution >= 4 is 52.9 Å². The third-order valence-electron chi connectivity index (χ3n) is 3.65. The minimum absolute atomic E-state index is 0. The monoisotopic (exact) mass is 517 g/mol. The van der Waals surface area contributed by atoms with Gasteiger partial charge in [0.25, 0.3) is 0 Å². The van der Waals surface area contributed by atoms with Gasteiger partial charge in [0.2, 0.25) is 11.7 Å². The fraction of sp³-hybridized carbons (Fsp3) is 0.278. The van der Waals surface area contributed by atoms with Gasteiger partial charge in [-0.25, -0.2) is 0 Å². The van der Waals surface area contributed by atoms with Crippen LogP contribution in [0.3, 0.4) is 0 Å². The number of aliphatic imine (C=N–C) groups is 1. The number of halogens is 2. The lowest BCUT2D eigenvalue weighted by atomic mass is 10.2. The van der Waals surface area contributed by atoms with E-state index in [-0.39, 0.29) is 24.0 Å². The van der Waals surface area contributed by atoms with Gasteiger partial charge in [0, 0.05) is 42.0 Å². The van der Waals surface area contributed by atoms with E-state index in [2.05, 4.69) is 43.3 Å². The van der Waals surface area contributed by atoms with Crippen LogP contribution in [-0.2, 0) is 12.8 Å². The van der Waals surface area contributed by atoms with E-state index in [0.717, 1.165) is 24.5 Å². The zero-order chi connectivity index (χ0) is 18.2. The van der Waals surface area contributed by atoms with E-state index in [9.17, 15) is 0 Å². The summed E-state index contributed by atoms with van der Waals surface area (Å²) in [5.41, 5.74) is 0.839. The normalized spacial score (nSPS) is 11.1. The standard InChI is InChI=1S/C18H20ClN5OS.HI/c1-20-18(21-9-7-15-6-3-11-26-15)22-10-8-16-23-17(24-25-16)13-4-2-5-14(19)12-13;/h2-6,11-12H,7-10H2,1H3,(H2,20,21,22);1H. The number of hydrogen-bond donors (Lipinski definition) is 2. The Morgan fingerprint density at radius 1 is 1.19 bits per heavy atom. The van der Waals surface area contributed by atoms with Crippen molar-refractivity contribution in [1.29, 1.82) is 0 Å². The molecular formula is C18H21ClIN5OS. The molecule has 0 saturated carbocycles. The fourth-order valence-corrected chi connectivity index (χ4v) is 3.27. The first-order valence-corrected chi connectivity index (χ1v) is 9.56. The van der Waals surface area contributed by atoms with E-state index >= 15 is 0 Å². The van der Waals surface area contributed by atoms with Crippen LogP contribution in [0.4, 0.5) is 0 Å². The fourth-order valence-electron chi connectivity index (χ4n) is 2.37. The average molecular weight is 518 g/mol. The molecule has 0 unspecified atom stereocenters. The maximum Gasteiger partial charge on any atom is 0.228 e. The van der Waals surface area contributed by atoms with Crippen LogP contribution in [0.1, 0.15) is 10.8 Å². The number of benzene rings is 1. The Bertz CT molecular complexity index is 853. The van der Waals surface area contributed by atoms with Crippen molar-refractivity contribution in [3.63, 3.8) is 0 Å². The van der Waals surface area contributed by atoms with E-state index < -0.39 is 0 Å². The van der Waals surface area contributed by atoms with Crippen molar-refractivity contribution in [3.8, 4) is 11.4 Å². The molecule has 27 heavy (non-hydrogen) atoms. The average Bonchev–Trinajstić information content (AvgIpc) is 3.32. The first-order chi connectivity index (χ1) is 12.7. The second kappa shape index (κ2) is 11.3. The maximum absolute atomic E-state index is 5.99. The number of hydrogen-bond acceptors (Lipinski definition) is 5. The molecule has 9 heteroatoms. The summed E-state index contributed by atoms with van der Waals surface area (Å²) in [6, 6.07) is 11.6. The van der Waals surface area contributed by atoms with Crippen molar-refractivity contribution in [2.24, 2.45) is 4.99 Å². The molecule has 0 amide bonds. The quantitative estimate of drug-likeness (QED) is 0.281. The zero-order valence-electron chi connectivity index (χ0n) is 14.8. The van der Waals surface area contributed by atoms with Crippen LogP contribution in [0, 0.1) is 0 Å². The summed E-state index contributed by atoms with van der Waals surface area (Å²) in [7, 11) is 1.75. The lowest BCUT2D eigenvalue weighted by molar-refractivity contribution is 0.378. The van der Waals surface area contributed by atoms with Crippen molar-refractivity contribution < 1.29 is 4.52 Å². The Hall–Kier alpha value is -1.65. The van der Waals surface area contributed by atoms with Gasteiger partial charge < -0.3 is 15.2 Å². The molecular weight excluding hydrogens is 497 g/mol. The van der Waals surface area contributed by atoms with Crippen LogP contribution in [-0.4, -0.2) is 36.2 Å². The summed E-state index contributed by atoms with van der Waals surface area (Å²) in [4.78, 5) is 9.98. The van der Waals surface area contributed by atoms with Crippen molar-refractivity contribution in [1.82, 2.24) is 20.8 Å². The Morgan fingerprint density at radius 2 is 2.00 bits per heavy atom. The van der Waals surface area contributed by atoms with Crippen LogP contribution in [0.15, 0.2) is 51.3 Å². The summed E-state index contributed by atoms with van der Waals surface area (Å²) in [5, 5.41) is 13.3. The highest BCUT2D eigenvalue weighted by molar-refractivity contribution is 14.0. The predicted octanol–water partition coefficient (Wildman–Crippen LogP) is 4.02. The maximum atomic E-state index is 5.99. The van der Waals surface area contributed by atoms with Gasteiger partial charge in [-0.15, -0.1) is 35.3 Å². The van der Waals surface area contributed by atoms with Gasteiger partial charge in [0.15, 0.2) is 5.96 Å². The first-order valence-electron chi connectivity index (χ1n) is 8.30. The van der Waals surface area contributed by atoms with Crippen LogP contribution in [0.2, 0.25) is 5.02 Å². The summed E-state index contributed by atoms with van der Waals surface area (Å²) in [5.74, 6) is 1.87.